The molecule has 4 heterocycles. The lowest BCUT2D eigenvalue weighted by Crippen LogP contribution is -2.24. The molecule has 10 nitrogen and oxygen atoms in total. The summed E-state index contributed by atoms with van der Waals surface area (Å²) in [7, 11) is 0. The Bertz CT molecular complexity index is 1380. The molecule has 2 N–H and O–H groups in total. The summed E-state index contributed by atoms with van der Waals surface area (Å²) in [6.07, 6.45) is 11.1. The zero-order chi connectivity index (χ0) is 24.2. The van der Waals surface area contributed by atoms with Crippen molar-refractivity contribution in [3.63, 3.8) is 0 Å². The third-order valence-corrected chi connectivity index (χ3v) is 5.78. The van der Waals surface area contributed by atoms with Crippen LogP contribution in [0.5, 0.6) is 5.75 Å². The molecule has 0 unspecified atom stereocenters. The monoisotopic (exact) mass is 471 g/mol. The Hall–Kier alpha value is -4.34. The molecule has 1 aliphatic carbocycles. The van der Waals surface area contributed by atoms with Crippen molar-refractivity contribution in [2.24, 2.45) is 0 Å². The quantitative estimate of drug-likeness (QED) is 0.423. The molecule has 2 amide bonds. The summed E-state index contributed by atoms with van der Waals surface area (Å²) >= 11 is 0. The van der Waals surface area contributed by atoms with Gasteiger partial charge >= 0.3 is 0 Å². The number of carbonyl (C=O) groups is 2. The average Bonchev–Trinajstić information content (AvgIpc) is 3.51. The van der Waals surface area contributed by atoms with Crippen LogP contribution in [0.15, 0.2) is 55.1 Å². The summed E-state index contributed by atoms with van der Waals surface area (Å²) in [5.41, 5.74) is 2.98. The number of nitrogens with one attached hydrogen (secondary N) is 2. The standard InChI is InChI=1S/C25H25N7O3/c1-16(33)29-23-15-32-24(30-23)9-8-20(31-32)17-11-18(13-26-12-17)25(34)28-14-21-22(7-4-10-27-21)35-19-5-2-3-6-19/h4,7-13,15,19H,2-3,5-6,14H2,1H3,(H,28,34)(H,29,33). The molecule has 0 aromatic carbocycles. The summed E-state index contributed by atoms with van der Waals surface area (Å²) in [4.78, 5) is 37.1. The molecule has 10 heteroatoms. The number of imidazole rings is 1. The maximum atomic E-state index is 12.9. The Morgan fingerprint density at radius 3 is 2.86 bits per heavy atom. The molecule has 0 saturated heterocycles. The normalized spacial score (nSPS) is 13.6. The van der Waals surface area contributed by atoms with Crippen LogP contribution in [-0.2, 0) is 11.3 Å². The Balaban J connectivity index is 1.29. The molecule has 0 bridgehead atoms. The predicted octanol–water partition coefficient (Wildman–Crippen LogP) is 3.40. The van der Waals surface area contributed by atoms with Crippen molar-refractivity contribution in [3.05, 3.63) is 66.4 Å². The molecule has 1 fully saturated rings. The zero-order valence-corrected chi connectivity index (χ0v) is 19.3. The maximum Gasteiger partial charge on any atom is 0.253 e. The number of aromatic nitrogens is 5. The van der Waals surface area contributed by atoms with Crippen LogP contribution in [0.3, 0.4) is 0 Å². The third-order valence-electron chi connectivity index (χ3n) is 5.78. The van der Waals surface area contributed by atoms with Crippen molar-refractivity contribution in [1.29, 1.82) is 0 Å². The van der Waals surface area contributed by atoms with Crippen LogP contribution >= 0.6 is 0 Å². The number of carbonyl (C=O) groups excluding carboxylic acids is 2. The minimum absolute atomic E-state index is 0.209. The van der Waals surface area contributed by atoms with Crippen LogP contribution in [0, 0.1) is 0 Å². The molecule has 0 aliphatic heterocycles. The molecule has 5 rings (SSSR count). The second-order valence-electron chi connectivity index (χ2n) is 8.45. The first kappa shape index (κ1) is 22.5. The first-order chi connectivity index (χ1) is 17.0. The van der Waals surface area contributed by atoms with E-state index >= 15 is 0 Å². The van der Waals surface area contributed by atoms with Crippen molar-refractivity contribution >= 4 is 23.3 Å². The number of nitrogens with zero attached hydrogens (tertiary/aromatic N) is 5. The third kappa shape index (κ3) is 5.26. The van der Waals surface area contributed by atoms with Crippen LogP contribution in [0.2, 0.25) is 0 Å². The molecule has 0 atom stereocenters. The van der Waals surface area contributed by atoms with Crippen LogP contribution in [0.4, 0.5) is 5.82 Å². The molecule has 4 aromatic heterocycles. The summed E-state index contributed by atoms with van der Waals surface area (Å²) in [5, 5.41) is 10.1. The molecule has 1 saturated carbocycles. The van der Waals surface area contributed by atoms with Gasteiger partial charge in [-0.05, 0) is 56.0 Å². The fraction of sp³-hybridized carbons (Fsp3) is 0.280. The number of anilines is 1. The predicted molar refractivity (Wildman–Crippen MR) is 129 cm³/mol. The number of fused-ring (bicyclic) bond motifs is 1. The average molecular weight is 472 g/mol. The van der Waals surface area contributed by atoms with Gasteiger partial charge in [0.1, 0.15) is 11.4 Å². The van der Waals surface area contributed by atoms with Crippen LogP contribution in [0.1, 0.15) is 48.7 Å². The van der Waals surface area contributed by atoms with Gasteiger partial charge in [-0.25, -0.2) is 9.50 Å². The topological polar surface area (TPSA) is 123 Å². The van der Waals surface area contributed by atoms with Crippen molar-refractivity contribution in [3.8, 4) is 17.0 Å². The van der Waals surface area contributed by atoms with Gasteiger partial charge in [-0.2, -0.15) is 5.10 Å². The number of hydrogen-bond acceptors (Lipinski definition) is 7. The highest BCUT2D eigenvalue weighted by Gasteiger charge is 2.19. The second-order valence-corrected chi connectivity index (χ2v) is 8.45. The minimum Gasteiger partial charge on any atom is -0.488 e. The number of pyridine rings is 2. The number of hydrogen-bond donors (Lipinski definition) is 2. The minimum atomic E-state index is -0.270. The first-order valence-corrected chi connectivity index (χ1v) is 11.5. The van der Waals surface area contributed by atoms with Crippen molar-refractivity contribution < 1.29 is 14.3 Å². The lowest BCUT2D eigenvalue weighted by molar-refractivity contribution is -0.114. The highest BCUT2D eigenvalue weighted by molar-refractivity contribution is 5.95. The van der Waals surface area contributed by atoms with E-state index in [0.29, 0.717) is 39.7 Å². The van der Waals surface area contributed by atoms with E-state index in [-0.39, 0.29) is 24.5 Å². The number of ether oxygens (including phenoxy) is 1. The van der Waals surface area contributed by atoms with E-state index in [0.717, 1.165) is 12.8 Å². The van der Waals surface area contributed by atoms with E-state index in [9.17, 15) is 9.59 Å². The van der Waals surface area contributed by atoms with Gasteiger partial charge in [-0.15, -0.1) is 0 Å². The summed E-state index contributed by atoms with van der Waals surface area (Å²) < 4.78 is 7.68. The Morgan fingerprint density at radius 2 is 2.03 bits per heavy atom. The fourth-order valence-corrected chi connectivity index (χ4v) is 4.10. The zero-order valence-electron chi connectivity index (χ0n) is 19.3. The summed E-state index contributed by atoms with van der Waals surface area (Å²) in [5.74, 6) is 0.648. The van der Waals surface area contributed by atoms with E-state index in [4.69, 9.17) is 4.74 Å². The van der Waals surface area contributed by atoms with Gasteiger partial charge in [0.25, 0.3) is 5.91 Å². The molecule has 178 valence electrons. The van der Waals surface area contributed by atoms with Gasteiger partial charge in [0.2, 0.25) is 5.91 Å². The van der Waals surface area contributed by atoms with E-state index in [1.807, 2.05) is 12.1 Å². The largest absolute Gasteiger partial charge is 0.488 e. The van der Waals surface area contributed by atoms with E-state index < -0.39 is 0 Å². The van der Waals surface area contributed by atoms with Gasteiger partial charge < -0.3 is 15.4 Å². The van der Waals surface area contributed by atoms with E-state index in [1.165, 1.54) is 26.0 Å². The Labute approximate surface area is 201 Å². The molecule has 35 heavy (non-hydrogen) atoms. The lowest BCUT2D eigenvalue weighted by atomic mass is 10.1. The molecule has 4 aromatic rings. The van der Waals surface area contributed by atoms with Crippen molar-refractivity contribution in [2.75, 3.05) is 5.32 Å². The van der Waals surface area contributed by atoms with Crippen molar-refractivity contribution in [2.45, 2.75) is 45.3 Å². The smallest absolute Gasteiger partial charge is 0.253 e. The van der Waals surface area contributed by atoms with E-state index in [1.54, 1.807) is 41.3 Å². The summed E-state index contributed by atoms with van der Waals surface area (Å²) in [6, 6.07) is 9.04. The first-order valence-electron chi connectivity index (χ1n) is 11.5. The molecule has 0 spiro atoms. The highest BCUT2D eigenvalue weighted by Crippen LogP contribution is 2.26. The maximum absolute atomic E-state index is 12.9. The number of rotatable bonds is 7. The molecule has 0 radical (unpaired) electrons. The van der Waals surface area contributed by atoms with Gasteiger partial charge in [-0.3, -0.25) is 19.6 Å². The molecular weight excluding hydrogens is 446 g/mol. The van der Waals surface area contributed by atoms with Crippen LogP contribution in [-0.4, -0.2) is 42.5 Å². The molecule has 1 aliphatic rings. The van der Waals surface area contributed by atoms with Crippen LogP contribution < -0.4 is 15.4 Å². The van der Waals surface area contributed by atoms with Gasteiger partial charge in [-0.1, -0.05) is 0 Å². The number of amides is 2. The van der Waals surface area contributed by atoms with Crippen molar-refractivity contribution in [1.82, 2.24) is 29.9 Å². The van der Waals surface area contributed by atoms with Gasteiger partial charge in [0.15, 0.2) is 11.5 Å². The lowest BCUT2D eigenvalue weighted by Gasteiger charge is -2.16. The second kappa shape index (κ2) is 9.88. The van der Waals surface area contributed by atoms with Gasteiger partial charge in [0, 0.05) is 31.1 Å². The highest BCUT2D eigenvalue weighted by atomic mass is 16.5. The van der Waals surface area contributed by atoms with Crippen LogP contribution in [0.25, 0.3) is 16.9 Å². The molecular formula is C25H25N7O3. The summed E-state index contributed by atoms with van der Waals surface area (Å²) in [6.45, 7) is 1.67. The fourth-order valence-electron chi connectivity index (χ4n) is 4.10. The van der Waals surface area contributed by atoms with Gasteiger partial charge in [0.05, 0.1) is 30.1 Å². The van der Waals surface area contributed by atoms with E-state index in [2.05, 4.69) is 30.7 Å². The SMILES string of the molecule is CC(=O)Nc1cn2nc(-c3cncc(C(=O)NCc4ncccc4OC4CCCC4)c3)ccc2n1. The Morgan fingerprint density at radius 1 is 1.17 bits per heavy atom. The Kier molecular flexibility index (Phi) is 6.34.